The van der Waals surface area contributed by atoms with Crippen LogP contribution in [-0.4, -0.2) is 9.96 Å². The Hall–Kier alpha value is -1.16. The second-order valence-corrected chi connectivity index (χ2v) is 6.93. The molecule has 0 saturated carbocycles. The Labute approximate surface area is 127 Å². The van der Waals surface area contributed by atoms with E-state index in [2.05, 4.69) is 18.2 Å². The Bertz CT molecular complexity index is 605. The lowest BCUT2D eigenvalue weighted by Crippen LogP contribution is -2.18. The molecule has 0 aliphatic rings. The van der Waals surface area contributed by atoms with E-state index in [1.54, 1.807) is 24.3 Å². The third-order valence-corrected chi connectivity index (χ3v) is 4.79. The van der Waals surface area contributed by atoms with Crippen LogP contribution in [0, 0.1) is 13.8 Å². The molecule has 106 valence electrons. The van der Waals surface area contributed by atoms with Crippen molar-refractivity contribution in [1.29, 1.82) is 0 Å². The van der Waals surface area contributed by atoms with Gasteiger partial charge in [-0.25, -0.2) is 0 Å². The van der Waals surface area contributed by atoms with Crippen molar-refractivity contribution < 1.29 is 4.21 Å². The van der Waals surface area contributed by atoms with Gasteiger partial charge in [-0.2, -0.15) is 0 Å². The molecule has 2 atom stereocenters. The second-order valence-electron chi connectivity index (χ2n) is 4.99. The summed E-state index contributed by atoms with van der Waals surface area (Å²) in [5.74, 6) is 0.407. The Kier molecular flexibility index (Phi) is 4.97. The molecular formula is C16H18ClNOS. The molecule has 2 aromatic carbocycles. The van der Waals surface area contributed by atoms with Gasteiger partial charge in [0.15, 0.2) is 0 Å². The van der Waals surface area contributed by atoms with Gasteiger partial charge in [-0.1, -0.05) is 40.9 Å². The number of aryl methyl sites for hydroxylation is 2. The first-order valence-corrected chi connectivity index (χ1v) is 8.13. The summed E-state index contributed by atoms with van der Waals surface area (Å²) in [4.78, 5) is 0.759. The number of hydrogen-bond donors (Lipinski definition) is 1. The molecule has 2 N–H and O–H groups in total. The highest BCUT2D eigenvalue weighted by molar-refractivity contribution is 7.85. The van der Waals surface area contributed by atoms with Crippen molar-refractivity contribution in [2.24, 2.45) is 5.73 Å². The van der Waals surface area contributed by atoms with Crippen LogP contribution in [0.3, 0.4) is 0 Å². The fraction of sp³-hybridized carbons (Fsp3) is 0.250. The summed E-state index contributed by atoms with van der Waals surface area (Å²) in [5.41, 5.74) is 9.56. The minimum Gasteiger partial charge on any atom is -0.323 e. The molecule has 0 fully saturated rings. The van der Waals surface area contributed by atoms with Gasteiger partial charge in [-0.15, -0.1) is 0 Å². The number of benzene rings is 2. The Morgan fingerprint density at radius 2 is 1.65 bits per heavy atom. The smallest absolute Gasteiger partial charge is 0.0548 e. The number of rotatable bonds is 4. The predicted molar refractivity (Wildman–Crippen MR) is 85.6 cm³/mol. The lowest BCUT2D eigenvalue weighted by atomic mass is 10.0. The standard InChI is InChI=1S/C16H18ClNOS/c1-11-7-12(2)9-13(8-11)16(18)10-20(19)15-5-3-14(17)4-6-15/h3-9,16H,10,18H2,1-2H3. The molecule has 2 nitrogen and oxygen atoms in total. The van der Waals surface area contributed by atoms with E-state index in [1.807, 2.05) is 13.8 Å². The molecule has 0 aromatic heterocycles. The van der Waals surface area contributed by atoms with Crippen molar-refractivity contribution >= 4 is 22.4 Å². The first-order chi connectivity index (χ1) is 9.45. The van der Waals surface area contributed by atoms with Gasteiger partial charge in [0.25, 0.3) is 0 Å². The second kappa shape index (κ2) is 6.53. The first-order valence-electron chi connectivity index (χ1n) is 6.43. The maximum absolute atomic E-state index is 12.3. The summed E-state index contributed by atoms with van der Waals surface area (Å²) >= 11 is 5.83. The van der Waals surface area contributed by atoms with Gasteiger partial charge in [0.2, 0.25) is 0 Å². The number of hydrogen-bond acceptors (Lipinski definition) is 2. The SMILES string of the molecule is Cc1cc(C)cc(C(N)CS(=O)c2ccc(Cl)cc2)c1. The summed E-state index contributed by atoms with van der Waals surface area (Å²) in [7, 11) is -1.12. The quantitative estimate of drug-likeness (QED) is 0.934. The molecule has 20 heavy (non-hydrogen) atoms. The van der Waals surface area contributed by atoms with Crippen LogP contribution in [0.15, 0.2) is 47.4 Å². The van der Waals surface area contributed by atoms with E-state index in [9.17, 15) is 4.21 Å². The van der Waals surface area contributed by atoms with Gasteiger partial charge in [0.1, 0.15) is 0 Å². The van der Waals surface area contributed by atoms with Crippen LogP contribution in [0.5, 0.6) is 0 Å². The van der Waals surface area contributed by atoms with Crippen LogP contribution in [0.1, 0.15) is 22.7 Å². The van der Waals surface area contributed by atoms with E-state index >= 15 is 0 Å². The maximum atomic E-state index is 12.3. The highest BCUT2D eigenvalue weighted by Crippen LogP contribution is 2.19. The third-order valence-electron chi connectivity index (χ3n) is 3.08. The monoisotopic (exact) mass is 307 g/mol. The predicted octanol–water partition coefficient (Wildman–Crippen LogP) is 3.76. The van der Waals surface area contributed by atoms with Gasteiger partial charge in [-0.3, -0.25) is 4.21 Å². The topological polar surface area (TPSA) is 43.1 Å². The van der Waals surface area contributed by atoms with Gasteiger partial charge in [-0.05, 0) is 43.7 Å². The van der Waals surface area contributed by atoms with E-state index in [4.69, 9.17) is 17.3 Å². The van der Waals surface area contributed by atoms with Crippen LogP contribution < -0.4 is 5.73 Å². The van der Waals surface area contributed by atoms with E-state index in [0.717, 1.165) is 10.5 Å². The largest absolute Gasteiger partial charge is 0.323 e. The molecule has 0 radical (unpaired) electrons. The Balaban J connectivity index is 2.12. The Morgan fingerprint density at radius 3 is 2.20 bits per heavy atom. The highest BCUT2D eigenvalue weighted by atomic mass is 35.5. The van der Waals surface area contributed by atoms with Crippen LogP contribution in [-0.2, 0) is 10.8 Å². The third kappa shape index (κ3) is 3.92. The Morgan fingerprint density at radius 1 is 1.10 bits per heavy atom. The fourth-order valence-corrected chi connectivity index (χ4v) is 3.44. The highest BCUT2D eigenvalue weighted by Gasteiger charge is 2.13. The minimum absolute atomic E-state index is 0.231. The van der Waals surface area contributed by atoms with Crippen LogP contribution in [0.4, 0.5) is 0 Å². The van der Waals surface area contributed by atoms with Crippen molar-refractivity contribution in [3.05, 3.63) is 64.2 Å². The van der Waals surface area contributed by atoms with Gasteiger partial charge in [0, 0.05) is 21.7 Å². The fourth-order valence-electron chi connectivity index (χ4n) is 2.17. The zero-order chi connectivity index (χ0) is 14.7. The normalized spacial score (nSPS) is 14.0. The van der Waals surface area contributed by atoms with Gasteiger partial charge >= 0.3 is 0 Å². The van der Waals surface area contributed by atoms with Crippen LogP contribution >= 0.6 is 11.6 Å². The molecule has 2 unspecified atom stereocenters. The first kappa shape index (κ1) is 15.2. The maximum Gasteiger partial charge on any atom is 0.0548 e. The average molecular weight is 308 g/mol. The van der Waals surface area contributed by atoms with Gasteiger partial charge in [0.05, 0.1) is 10.8 Å². The molecule has 0 amide bonds. The van der Waals surface area contributed by atoms with E-state index < -0.39 is 10.8 Å². The summed E-state index contributed by atoms with van der Waals surface area (Å²) in [6, 6.07) is 13.0. The average Bonchev–Trinajstić information content (AvgIpc) is 2.38. The lowest BCUT2D eigenvalue weighted by Gasteiger charge is -2.13. The van der Waals surface area contributed by atoms with Crippen molar-refractivity contribution in [1.82, 2.24) is 0 Å². The summed E-state index contributed by atoms with van der Waals surface area (Å²) in [5, 5.41) is 0.643. The minimum atomic E-state index is -1.12. The van der Waals surface area contributed by atoms with E-state index in [-0.39, 0.29) is 6.04 Å². The molecular weight excluding hydrogens is 290 g/mol. The molecule has 0 saturated heterocycles. The zero-order valence-corrected chi connectivity index (χ0v) is 13.2. The zero-order valence-electron chi connectivity index (χ0n) is 11.6. The van der Waals surface area contributed by atoms with Crippen molar-refractivity contribution in [3.8, 4) is 0 Å². The molecule has 0 aliphatic carbocycles. The molecule has 2 rings (SSSR count). The van der Waals surface area contributed by atoms with Crippen LogP contribution in [0.25, 0.3) is 0 Å². The van der Waals surface area contributed by atoms with Gasteiger partial charge < -0.3 is 5.73 Å². The molecule has 0 bridgehead atoms. The summed E-state index contributed by atoms with van der Waals surface area (Å²) in [6.45, 7) is 4.08. The van der Waals surface area contributed by atoms with Crippen LogP contribution in [0.2, 0.25) is 5.02 Å². The lowest BCUT2D eigenvalue weighted by molar-refractivity contribution is 0.675. The van der Waals surface area contributed by atoms with E-state index in [1.165, 1.54) is 11.1 Å². The van der Waals surface area contributed by atoms with Crippen molar-refractivity contribution in [2.45, 2.75) is 24.8 Å². The van der Waals surface area contributed by atoms with E-state index in [0.29, 0.717) is 10.8 Å². The molecule has 0 heterocycles. The molecule has 4 heteroatoms. The summed E-state index contributed by atoms with van der Waals surface area (Å²) in [6.07, 6.45) is 0. The summed E-state index contributed by atoms with van der Waals surface area (Å²) < 4.78 is 12.3. The number of nitrogens with two attached hydrogens (primary N) is 1. The van der Waals surface area contributed by atoms with Crippen molar-refractivity contribution in [2.75, 3.05) is 5.75 Å². The molecule has 0 aliphatic heterocycles. The molecule has 0 spiro atoms. The molecule has 2 aromatic rings. The van der Waals surface area contributed by atoms with Crippen molar-refractivity contribution in [3.63, 3.8) is 0 Å². The number of halogens is 1.